The van der Waals surface area contributed by atoms with Gasteiger partial charge in [-0.3, -0.25) is 9.80 Å². The Morgan fingerprint density at radius 2 is 2.00 bits per heavy atom. The van der Waals surface area contributed by atoms with Gasteiger partial charge < -0.3 is 4.74 Å². The highest BCUT2D eigenvalue weighted by Gasteiger charge is 2.45. The van der Waals surface area contributed by atoms with Crippen LogP contribution in [0, 0.1) is 5.82 Å². The van der Waals surface area contributed by atoms with E-state index in [0.717, 1.165) is 18.7 Å². The summed E-state index contributed by atoms with van der Waals surface area (Å²) in [6, 6.07) is 4.45. The lowest BCUT2D eigenvalue weighted by Crippen LogP contribution is -2.57. The van der Waals surface area contributed by atoms with Gasteiger partial charge in [-0.25, -0.2) is 12.8 Å². The minimum Gasteiger partial charge on any atom is -0.496 e. The third-order valence-corrected chi connectivity index (χ3v) is 6.38. The van der Waals surface area contributed by atoms with Gasteiger partial charge in [0.25, 0.3) is 0 Å². The average molecular weight is 328 g/mol. The molecule has 0 unspecified atom stereocenters. The van der Waals surface area contributed by atoms with Crippen LogP contribution in [0.5, 0.6) is 5.75 Å². The van der Waals surface area contributed by atoms with Crippen LogP contribution in [0.1, 0.15) is 5.56 Å². The van der Waals surface area contributed by atoms with Crippen LogP contribution >= 0.6 is 0 Å². The van der Waals surface area contributed by atoms with E-state index >= 15 is 0 Å². The lowest BCUT2D eigenvalue weighted by atomic mass is 10.0. The van der Waals surface area contributed by atoms with Crippen molar-refractivity contribution in [2.24, 2.45) is 0 Å². The molecule has 0 bridgehead atoms. The molecule has 1 aromatic rings. The van der Waals surface area contributed by atoms with Crippen LogP contribution in [-0.4, -0.2) is 69.1 Å². The van der Waals surface area contributed by atoms with Crippen molar-refractivity contribution in [3.05, 3.63) is 29.6 Å². The van der Waals surface area contributed by atoms with E-state index in [1.807, 2.05) is 7.05 Å². The summed E-state index contributed by atoms with van der Waals surface area (Å²) in [7, 11) is 0.530. The Balaban J connectivity index is 1.85. The first-order valence-corrected chi connectivity index (χ1v) is 9.19. The summed E-state index contributed by atoms with van der Waals surface area (Å²) in [4.78, 5) is 4.26. The van der Waals surface area contributed by atoms with Gasteiger partial charge in [0.2, 0.25) is 0 Å². The summed E-state index contributed by atoms with van der Waals surface area (Å²) in [5, 5.41) is 0. The minimum absolute atomic E-state index is 0.0262. The molecule has 0 N–H and O–H groups in total. The zero-order chi connectivity index (χ0) is 15.9. The van der Waals surface area contributed by atoms with Gasteiger partial charge >= 0.3 is 0 Å². The second-order valence-corrected chi connectivity index (χ2v) is 8.27. The molecule has 2 fully saturated rings. The molecule has 2 saturated heterocycles. The Hall–Kier alpha value is -1.18. The first-order valence-electron chi connectivity index (χ1n) is 7.37. The van der Waals surface area contributed by atoms with Crippen LogP contribution in [0.3, 0.4) is 0 Å². The van der Waals surface area contributed by atoms with E-state index in [0.29, 0.717) is 12.3 Å². The van der Waals surface area contributed by atoms with Gasteiger partial charge in [-0.05, 0) is 25.2 Å². The Kier molecular flexibility index (Phi) is 4.13. The van der Waals surface area contributed by atoms with Crippen LogP contribution < -0.4 is 4.74 Å². The van der Waals surface area contributed by atoms with Gasteiger partial charge in [-0.15, -0.1) is 0 Å². The molecular formula is C15H21FN2O3S. The number of likely N-dealkylation sites (N-methyl/N-ethyl adjacent to an activating group) is 1. The molecule has 0 radical (unpaired) electrons. The zero-order valence-corrected chi connectivity index (χ0v) is 13.6. The quantitative estimate of drug-likeness (QED) is 0.819. The van der Waals surface area contributed by atoms with Crippen molar-refractivity contribution in [1.82, 2.24) is 9.80 Å². The monoisotopic (exact) mass is 328 g/mol. The number of sulfone groups is 1. The number of methoxy groups -OCH3 is 1. The molecule has 2 aliphatic rings. The molecule has 7 heteroatoms. The van der Waals surface area contributed by atoms with Crippen molar-refractivity contribution in [3.63, 3.8) is 0 Å². The normalized spacial score (nSPS) is 28.5. The Labute approximate surface area is 130 Å². The fraction of sp³-hybridized carbons (Fsp3) is 0.600. The molecule has 122 valence electrons. The van der Waals surface area contributed by atoms with Gasteiger partial charge in [0, 0.05) is 37.3 Å². The summed E-state index contributed by atoms with van der Waals surface area (Å²) >= 11 is 0. The number of nitrogens with zero attached hydrogens (tertiary/aromatic N) is 2. The second-order valence-electron chi connectivity index (χ2n) is 6.12. The van der Waals surface area contributed by atoms with Gasteiger partial charge in [-0.1, -0.05) is 0 Å². The number of hydrogen-bond donors (Lipinski definition) is 0. The van der Waals surface area contributed by atoms with Crippen LogP contribution in [0.25, 0.3) is 0 Å². The highest BCUT2D eigenvalue weighted by atomic mass is 32.2. The number of fused-ring (bicyclic) bond motifs is 1. The highest BCUT2D eigenvalue weighted by Crippen LogP contribution is 2.29. The topological polar surface area (TPSA) is 49.9 Å². The molecule has 5 nitrogen and oxygen atoms in total. The minimum atomic E-state index is -3.00. The van der Waals surface area contributed by atoms with Crippen LogP contribution in [0.4, 0.5) is 4.39 Å². The summed E-state index contributed by atoms with van der Waals surface area (Å²) in [6.45, 7) is 2.09. The molecule has 2 atom stereocenters. The summed E-state index contributed by atoms with van der Waals surface area (Å²) < 4.78 is 42.8. The second kappa shape index (κ2) is 5.79. The van der Waals surface area contributed by atoms with Gasteiger partial charge in [0.05, 0.1) is 18.6 Å². The van der Waals surface area contributed by atoms with Gasteiger partial charge in [-0.2, -0.15) is 0 Å². The van der Waals surface area contributed by atoms with Crippen LogP contribution in [-0.2, 0) is 16.4 Å². The zero-order valence-electron chi connectivity index (χ0n) is 12.8. The molecule has 0 aromatic heterocycles. The van der Waals surface area contributed by atoms with Gasteiger partial charge in [0.15, 0.2) is 9.84 Å². The number of piperazine rings is 1. The molecule has 1 aromatic carbocycles. The Bertz CT molecular complexity index is 665. The van der Waals surface area contributed by atoms with Crippen molar-refractivity contribution in [2.45, 2.75) is 18.6 Å². The molecule has 0 amide bonds. The van der Waals surface area contributed by atoms with Crippen molar-refractivity contribution >= 4 is 9.84 Å². The highest BCUT2D eigenvalue weighted by molar-refractivity contribution is 7.91. The maximum atomic E-state index is 13.5. The molecule has 3 rings (SSSR count). The fourth-order valence-corrected chi connectivity index (χ4v) is 5.57. The largest absolute Gasteiger partial charge is 0.496 e. The van der Waals surface area contributed by atoms with Crippen molar-refractivity contribution in [2.75, 3.05) is 38.8 Å². The average Bonchev–Trinajstić information content (AvgIpc) is 2.79. The Morgan fingerprint density at radius 1 is 1.27 bits per heavy atom. The number of rotatable bonds is 3. The number of benzene rings is 1. The summed E-state index contributed by atoms with van der Waals surface area (Å²) in [5.74, 6) is 0.725. The summed E-state index contributed by atoms with van der Waals surface area (Å²) in [6.07, 6.45) is 0. The van der Waals surface area contributed by atoms with E-state index in [4.69, 9.17) is 4.74 Å². The predicted molar refractivity (Wildman–Crippen MR) is 82.2 cm³/mol. The molecule has 2 aliphatic heterocycles. The van der Waals surface area contributed by atoms with Crippen molar-refractivity contribution < 1.29 is 17.5 Å². The number of halogens is 1. The van der Waals surface area contributed by atoms with Crippen molar-refractivity contribution in [3.8, 4) is 5.75 Å². The molecule has 0 spiro atoms. The SMILES string of the molecule is COc1ccc(F)cc1CN1CCN(C)[C@H]2CS(=O)(=O)C[C@H]21. The van der Waals surface area contributed by atoms with Crippen LogP contribution in [0.15, 0.2) is 18.2 Å². The Morgan fingerprint density at radius 3 is 2.73 bits per heavy atom. The molecule has 0 aliphatic carbocycles. The van der Waals surface area contributed by atoms with E-state index in [2.05, 4.69) is 9.80 Å². The number of hydrogen-bond acceptors (Lipinski definition) is 5. The first-order chi connectivity index (χ1) is 10.4. The number of ether oxygens (including phenoxy) is 1. The van der Waals surface area contributed by atoms with E-state index < -0.39 is 9.84 Å². The molecule has 0 saturated carbocycles. The molecular weight excluding hydrogens is 307 g/mol. The van der Waals surface area contributed by atoms with E-state index in [9.17, 15) is 12.8 Å². The lowest BCUT2D eigenvalue weighted by molar-refractivity contribution is 0.0567. The van der Waals surface area contributed by atoms with E-state index in [-0.39, 0.29) is 29.4 Å². The molecule has 2 heterocycles. The standard InChI is InChI=1S/C15H21FN2O3S/c1-17-5-6-18(14-10-22(19,20)9-13(14)17)8-11-7-12(16)3-4-15(11)21-2/h3-4,7,13-14H,5-6,8-10H2,1-2H3/t13-,14+/m0/s1. The van der Waals surface area contributed by atoms with E-state index in [1.165, 1.54) is 12.1 Å². The lowest BCUT2D eigenvalue weighted by Gasteiger charge is -2.42. The third kappa shape index (κ3) is 2.98. The fourth-order valence-electron chi connectivity index (χ4n) is 3.48. The summed E-state index contributed by atoms with van der Waals surface area (Å²) in [5.41, 5.74) is 0.759. The first kappa shape index (κ1) is 15.7. The third-order valence-electron chi connectivity index (χ3n) is 4.68. The van der Waals surface area contributed by atoms with E-state index in [1.54, 1.807) is 13.2 Å². The van der Waals surface area contributed by atoms with Crippen molar-refractivity contribution in [1.29, 1.82) is 0 Å². The van der Waals surface area contributed by atoms with Gasteiger partial charge in [0.1, 0.15) is 11.6 Å². The smallest absolute Gasteiger partial charge is 0.153 e. The van der Waals surface area contributed by atoms with Crippen LogP contribution in [0.2, 0.25) is 0 Å². The molecule has 22 heavy (non-hydrogen) atoms. The predicted octanol–water partition coefficient (Wildman–Crippen LogP) is 0.747. The maximum absolute atomic E-state index is 13.5. The maximum Gasteiger partial charge on any atom is 0.153 e.